The monoisotopic (exact) mass is 221 g/mol. The topological polar surface area (TPSA) is 3.24 Å². The lowest BCUT2D eigenvalue weighted by Gasteiger charge is -2.14. The molecule has 1 aliphatic rings. The quantitative estimate of drug-likeness (QED) is 0.755. The summed E-state index contributed by atoms with van der Waals surface area (Å²) in [6.07, 6.45) is 4.83. The summed E-state index contributed by atoms with van der Waals surface area (Å²) < 4.78 is 13.1. The van der Waals surface area contributed by atoms with Gasteiger partial charge in [-0.15, -0.1) is 0 Å². The lowest BCUT2D eigenvalue weighted by Crippen LogP contribution is -2.20. The average Bonchev–Trinajstić information content (AvgIpc) is 2.69. The van der Waals surface area contributed by atoms with E-state index >= 15 is 0 Å². The van der Waals surface area contributed by atoms with Crippen molar-refractivity contribution in [2.24, 2.45) is 0 Å². The van der Waals surface area contributed by atoms with Crippen molar-refractivity contribution in [3.8, 4) is 0 Å². The molecule has 1 aromatic carbocycles. The second-order valence-electron chi connectivity index (χ2n) is 4.79. The number of hydrogen-bond donors (Lipinski definition) is 0. The molecule has 1 nitrogen and oxygen atoms in total. The molecule has 0 saturated carbocycles. The molecule has 0 atom stereocenters. The maximum Gasteiger partial charge on any atom is 0.123 e. The summed E-state index contributed by atoms with van der Waals surface area (Å²) >= 11 is 0. The van der Waals surface area contributed by atoms with E-state index in [1.807, 2.05) is 6.92 Å². The van der Waals surface area contributed by atoms with Crippen LogP contribution in [0.4, 0.5) is 4.39 Å². The minimum Gasteiger partial charge on any atom is -0.303 e. The third-order valence-electron chi connectivity index (χ3n) is 3.24. The highest BCUT2D eigenvalue weighted by Crippen LogP contribution is 2.12. The first-order chi connectivity index (χ1) is 7.74. The summed E-state index contributed by atoms with van der Waals surface area (Å²) in [6, 6.07) is 5.34. The minimum absolute atomic E-state index is 0.101. The summed E-state index contributed by atoms with van der Waals surface area (Å²) in [4.78, 5) is 2.51. The van der Waals surface area contributed by atoms with Crippen molar-refractivity contribution in [2.75, 3.05) is 19.6 Å². The van der Waals surface area contributed by atoms with E-state index in [4.69, 9.17) is 0 Å². The van der Waals surface area contributed by atoms with Crippen molar-refractivity contribution in [3.05, 3.63) is 35.1 Å². The third-order valence-corrected chi connectivity index (χ3v) is 3.24. The summed E-state index contributed by atoms with van der Waals surface area (Å²) in [7, 11) is 0. The van der Waals surface area contributed by atoms with Crippen LogP contribution in [-0.4, -0.2) is 24.5 Å². The van der Waals surface area contributed by atoms with Crippen LogP contribution in [0.3, 0.4) is 0 Å². The molecule has 1 aliphatic heterocycles. The number of halogens is 1. The number of hydrogen-bond acceptors (Lipinski definition) is 1. The van der Waals surface area contributed by atoms with Gasteiger partial charge in [-0.25, -0.2) is 4.39 Å². The lowest BCUT2D eigenvalue weighted by atomic mass is 10.1. The second-order valence-corrected chi connectivity index (χ2v) is 4.79. The first-order valence-electron chi connectivity index (χ1n) is 6.22. The summed E-state index contributed by atoms with van der Waals surface area (Å²) in [6.45, 7) is 5.62. The molecule has 1 aromatic rings. The molecule has 0 spiro atoms. The highest BCUT2D eigenvalue weighted by atomic mass is 19.1. The zero-order valence-electron chi connectivity index (χ0n) is 10.0. The van der Waals surface area contributed by atoms with Gasteiger partial charge in [-0.1, -0.05) is 6.07 Å². The Balaban J connectivity index is 1.80. The molecular formula is C14H20FN. The Morgan fingerprint density at radius 3 is 2.62 bits per heavy atom. The number of benzene rings is 1. The third kappa shape index (κ3) is 3.31. The number of nitrogens with zero attached hydrogens (tertiary/aromatic N) is 1. The van der Waals surface area contributed by atoms with Gasteiger partial charge in [0.2, 0.25) is 0 Å². The molecule has 0 amide bonds. The maximum absolute atomic E-state index is 13.1. The van der Waals surface area contributed by atoms with Crippen molar-refractivity contribution < 1.29 is 4.39 Å². The van der Waals surface area contributed by atoms with E-state index < -0.39 is 0 Å². The normalized spacial score (nSPS) is 16.9. The molecule has 2 heteroatoms. The van der Waals surface area contributed by atoms with E-state index in [1.165, 1.54) is 25.9 Å². The summed E-state index contributed by atoms with van der Waals surface area (Å²) in [5.74, 6) is -0.101. The molecule has 0 aromatic heterocycles. The van der Waals surface area contributed by atoms with Gasteiger partial charge in [-0.2, -0.15) is 0 Å². The van der Waals surface area contributed by atoms with E-state index in [-0.39, 0.29) is 5.82 Å². The fraction of sp³-hybridized carbons (Fsp3) is 0.571. The lowest BCUT2D eigenvalue weighted by molar-refractivity contribution is 0.334. The predicted octanol–water partition coefficient (Wildman–Crippen LogP) is 3.16. The zero-order chi connectivity index (χ0) is 11.4. The van der Waals surface area contributed by atoms with Crippen LogP contribution < -0.4 is 0 Å². The Labute approximate surface area is 97.3 Å². The maximum atomic E-state index is 13.1. The standard InChI is InChI=1S/C14H20FN/c1-12-9-13(11-14(15)10-12)5-4-8-16-6-2-3-7-16/h9-11H,2-8H2,1H3. The molecular weight excluding hydrogens is 201 g/mol. The van der Waals surface area contributed by atoms with Gasteiger partial charge in [-0.05, 0) is 75.5 Å². The SMILES string of the molecule is Cc1cc(F)cc(CCCN2CCCC2)c1. The summed E-state index contributed by atoms with van der Waals surface area (Å²) in [5, 5.41) is 0. The number of rotatable bonds is 4. The molecule has 1 saturated heterocycles. The molecule has 0 bridgehead atoms. The van der Waals surface area contributed by atoms with Crippen LogP contribution >= 0.6 is 0 Å². The van der Waals surface area contributed by atoms with E-state index in [0.29, 0.717) is 0 Å². The number of likely N-dealkylation sites (tertiary alicyclic amines) is 1. The molecule has 2 rings (SSSR count). The van der Waals surface area contributed by atoms with Crippen molar-refractivity contribution in [1.29, 1.82) is 0 Å². The highest BCUT2D eigenvalue weighted by molar-refractivity contribution is 5.23. The fourth-order valence-corrected chi connectivity index (χ4v) is 2.47. The number of aryl methyl sites for hydroxylation is 2. The smallest absolute Gasteiger partial charge is 0.123 e. The Kier molecular flexibility index (Phi) is 3.94. The van der Waals surface area contributed by atoms with Crippen LogP contribution in [-0.2, 0) is 6.42 Å². The van der Waals surface area contributed by atoms with Gasteiger partial charge >= 0.3 is 0 Å². The second kappa shape index (κ2) is 5.44. The van der Waals surface area contributed by atoms with E-state index in [2.05, 4.69) is 11.0 Å². The van der Waals surface area contributed by atoms with Crippen LogP contribution in [0.25, 0.3) is 0 Å². The van der Waals surface area contributed by atoms with Crippen LogP contribution in [0.1, 0.15) is 30.4 Å². The van der Waals surface area contributed by atoms with Crippen molar-refractivity contribution in [1.82, 2.24) is 4.90 Å². The van der Waals surface area contributed by atoms with Crippen molar-refractivity contribution in [2.45, 2.75) is 32.6 Å². The van der Waals surface area contributed by atoms with Gasteiger partial charge in [0.1, 0.15) is 5.82 Å². The Morgan fingerprint density at radius 1 is 1.19 bits per heavy atom. The van der Waals surface area contributed by atoms with Gasteiger partial charge < -0.3 is 4.90 Å². The fourth-order valence-electron chi connectivity index (χ4n) is 2.47. The Bertz CT molecular complexity index is 322. The van der Waals surface area contributed by atoms with Crippen molar-refractivity contribution >= 4 is 0 Å². The van der Waals surface area contributed by atoms with Gasteiger partial charge in [0.15, 0.2) is 0 Å². The van der Waals surface area contributed by atoms with E-state index in [0.717, 1.165) is 30.5 Å². The summed E-state index contributed by atoms with van der Waals surface area (Å²) in [5.41, 5.74) is 2.16. The Hall–Kier alpha value is -0.890. The van der Waals surface area contributed by atoms with Gasteiger partial charge in [0.05, 0.1) is 0 Å². The van der Waals surface area contributed by atoms with Crippen molar-refractivity contribution in [3.63, 3.8) is 0 Å². The molecule has 0 radical (unpaired) electrons. The molecule has 0 unspecified atom stereocenters. The Morgan fingerprint density at radius 2 is 1.94 bits per heavy atom. The van der Waals surface area contributed by atoms with Crippen LogP contribution in [0, 0.1) is 12.7 Å². The molecule has 0 aliphatic carbocycles. The highest BCUT2D eigenvalue weighted by Gasteiger charge is 2.10. The van der Waals surface area contributed by atoms with Gasteiger partial charge in [0.25, 0.3) is 0 Å². The molecule has 1 heterocycles. The molecule has 0 N–H and O–H groups in total. The van der Waals surface area contributed by atoms with Crippen LogP contribution in [0.2, 0.25) is 0 Å². The van der Waals surface area contributed by atoms with Crippen LogP contribution in [0.5, 0.6) is 0 Å². The van der Waals surface area contributed by atoms with Gasteiger partial charge in [-0.3, -0.25) is 0 Å². The van der Waals surface area contributed by atoms with Gasteiger partial charge in [0, 0.05) is 0 Å². The first-order valence-corrected chi connectivity index (χ1v) is 6.22. The average molecular weight is 221 g/mol. The molecule has 88 valence electrons. The molecule has 16 heavy (non-hydrogen) atoms. The van der Waals surface area contributed by atoms with E-state index in [1.54, 1.807) is 12.1 Å². The van der Waals surface area contributed by atoms with E-state index in [9.17, 15) is 4.39 Å². The molecule has 1 fully saturated rings. The predicted molar refractivity (Wildman–Crippen MR) is 65.1 cm³/mol. The first kappa shape index (κ1) is 11.6. The largest absolute Gasteiger partial charge is 0.303 e. The minimum atomic E-state index is -0.101. The zero-order valence-corrected chi connectivity index (χ0v) is 10.0. The van der Waals surface area contributed by atoms with Crippen LogP contribution in [0.15, 0.2) is 18.2 Å².